The number of aromatic carboxylic acids is 1. The Morgan fingerprint density at radius 2 is 1.68 bits per heavy atom. The van der Waals surface area contributed by atoms with E-state index in [0.29, 0.717) is 18.1 Å². The summed E-state index contributed by atoms with van der Waals surface area (Å²) in [5.41, 5.74) is 1.31. The number of hydrogen-bond donors (Lipinski definition) is 1. The van der Waals surface area contributed by atoms with Crippen molar-refractivity contribution in [3.8, 4) is 17.2 Å². The molecule has 0 amide bonds. The first-order chi connectivity index (χ1) is 10.6. The normalized spacial score (nSPS) is 10.1. The molecule has 0 atom stereocenters. The van der Waals surface area contributed by atoms with E-state index in [1.165, 1.54) is 24.8 Å². The SMILES string of the molecule is COc1ccc(C(=O)O)cc1OCCOc1ccc(C)cc1. The van der Waals surface area contributed by atoms with Crippen LogP contribution in [0.5, 0.6) is 17.2 Å². The molecule has 5 heteroatoms. The van der Waals surface area contributed by atoms with Crippen LogP contribution < -0.4 is 14.2 Å². The van der Waals surface area contributed by atoms with E-state index < -0.39 is 5.97 Å². The molecule has 2 aromatic rings. The van der Waals surface area contributed by atoms with Gasteiger partial charge in [0, 0.05) is 0 Å². The molecular weight excluding hydrogens is 284 g/mol. The lowest BCUT2D eigenvalue weighted by atomic mass is 10.2. The summed E-state index contributed by atoms with van der Waals surface area (Å²) < 4.78 is 16.3. The second-order valence-electron chi connectivity index (χ2n) is 4.68. The van der Waals surface area contributed by atoms with Gasteiger partial charge in [0.15, 0.2) is 11.5 Å². The minimum Gasteiger partial charge on any atom is -0.493 e. The van der Waals surface area contributed by atoms with Crippen molar-refractivity contribution < 1.29 is 24.1 Å². The first-order valence-corrected chi connectivity index (χ1v) is 6.84. The van der Waals surface area contributed by atoms with Crippen LogP contribution >= 0.6 is 0 Å². The maximum absolute atomic E-state index is 11.0. The van der Waals surface area contributed by atoms with Gasteiger partial charge in [0.1, 0.15) is 19.0 Å². The molecule has 0 saturated carbocycles. The lowest BCUT2D eigenvalue weighted by Crippen LogP contribution is -2.10. The van der Waals surface area contributed by atoms with Crippen LogP contribution in [0, 0.1) is 6.92 Å². The molecule has 0 saturated heterocycles. The first kappa shape index (κ1) is 15.7. The third-order valence-electron chi connectivity index (χ3n) is 3.04. The molecule has 0 aliphatic carbocycles. The van der Waals surface area contributed by atoms with Gasteiger partial charge in [0.05, 0.1) is 12.7 Å². The van der Waals surface area contributed by atoms with Crippen molar-refractivity contribution in [1.82, 2.24) is 0 Å². The maximum atomic E-state index is 11.0. The highest BCUT2D eigenvalue weighted by Gasteiger charge is 2.10. The Morgan fingerprint density at radius 1 is 1.00 bits per heavy atom. The standard InChI is InChI=1S/C17H18O5/c1-12-3-6-14(7-4-12)21-9-10-22-16-11-13(17(18)19)5-8-15(16)20-2/h3-8,11H,9-10H2,1-2H3,(H,18,19). The lowest BCUT2D eigenvalue weighted by molar-refractivity contribution is 0.0696. The molecule has 0 heterocycles. The number of methoxy groups -OCH3 is 1. The number of carbonyl (C=O) groups is 1. The Kier molecular flexibility index (Phi) is 5.25. The van der Waals surface area contributed by atoms with Crippen molar-refractivity contribution in [2.75, 3.05) is 20.3 Å². The summed E-state index contributed by atoms with van der Waals surface area (Å²) in [6.07, 6.45) is 0. The predicted octanol–water partition coefficient (Wildman–Crippen LogP) is 3.16. The van der Waals surface area contributed by atoms with Crippen molar-refractivity contribution in [1.29, 1.82) is 0 Å². The summed E-state index contributed by atoms with van der Waals surface area (Å²) >= 11 is 0. The van der Waals surface area contributed by atoms with Crippen LogP contribution in [0.25, 0.3) is 0 Å². The van der Waals surface area contributed by atoms with Crippen molar-refractivity contribution in [2.45, 2.75) is 6.92 Å². The fraction of sp³-hybridized carbons (Fsp3) is 0.235. The molecule has 0 fully saturated rings. The summed E-state index contributed by atoms with van der Waals surface area (Å²) in [7, 11) is 1.51. The fourth-order valence-electron chi connectivity index (χ4n) is 1.87. The number of hydrogen-bond acceptors (Lipinski definition) is 4. The Hall–Kier alpha value is -2.69. The van der Waals surface area contributed by atoms with Gasteiger partial charge in [-0.25, -0.2) is 4.79 Å². The van der Waals surface area contributed by atoms with Crippen molar-refractivity contribution in [3.63, 3.8) is 0 Å². The van der Waals surface area contributed by atoms with E-state index >= 15 is 0 Å². The molecular formula is C17H18O5. The summed E-state index contributed by atoms with van der Waals surface area (Å²) in [4.78, 5) is 11.0. The quantitative estimate of drug-likeness (QED) is 0.796. The predicted molar refractivity (Wildman–Crippen MR) is 82.1 cm³/mol. The molecule has 22 heavy (non-hydrogen) atoms. The van der Waals surface area contributed by atoms with Gasteiger partial charge < -0.3 is 19.3 Å². The van der Waals surface area contributed by atoms with Gasteiger partial charge in [0.25, 0.3) is 0 Å². The van der Waals surface area contributed by atoms with E-state index in [9.17, 15) is 4.79 Å². The molecule has 0 bridgehead atoms. The number of ether oxygens (including phenoxy) is 3. The summed E-state index contributed by atoms with van der Waals surface area (Å²) in [6, 6.07) is 12.2. The summed E-state index contributed by atoms with van der Waals surface area (Å²) in [5.74, 6) is 0.624. The first-order valence-electron chi connectivity index (χ1n) is 6.84. The highest BCUT2D eigenvalue weighted by Crippen LogP contribution is 2.28. The molecule has 0 aliphatic rings. The molecule has 0 spiro atoms. The smallest absolute Gasteiger partial charge is 0.335 e. The van der Waals surface area contributed by atoms with Crippen LogP contribution in [-0.2, 0) is 0 Å². The average Bonchev–Trinajstić information content (AvgIpc) is 2.53. The van der Waals surface area contributed by atoms with Crippen LogP contribution in [0.3, 0.4) is 0 Å². The van der Waals surface area contributed by atoms with Gasteiger partial charge in [-0.1, -0.05) is 17.7 Å². The number of rotatable bonds is 7. The van der Waals surface area contributed by atoms with Gasteiger partial charge >= 0.3 is 5.97 Å². The minimum absolute atomic E-state index is 0.148. The zero-order chi connectivity index (χ0) is 15.9. The van der Waals surface area contributed by atoms with E-state index in [4.69, 9.17) is 19.3 Å². The molecule has 2 rings (SSSR count). The molecule has 5 nitrogen and oxygen atoms in total. The van der Waals surface area contributed by atoms with Crippen molar-refractivity contribution in [2.24, 2.45) is 0 Å². The zero-order valence-corrected chi connectivity index (χ0v) is 12.5. The van der Waals surface area contributed by atoms with Gasteiger partial charge in [0.2, 0.25) is 0 Å². The van der Waals surface area contributed by atoms with Gasteiger partial charge in [-0.05, 0) is 37.3 Å². The lowest BCUT2D eigenvalue weighted by Gasteiger charge is -2.12. The third-order valence-corrected chi connectivity index (χ3v) is 3.04. The van der Waals surface area contributed by atoms with Gasteiger partial charge in [-0.3, -0.25) is 0 Å². The second kappa shape index (κ2) is 7.36. The Balaban J connectivity index is 1.91. The Labute approximate surface area is 129 Å². The highest BCUT2D eigenvalue weighted by molar-refractivity contribution is 5.88. The van der Waals surface area contributed by atoms with Crippen LogP contribution in [0.4, 0.5) is 0 Å². The maximum Gasteiger partial charge on any atom is 0.335 e. The van der Waals surface area contributed by atoms with Gasteiger partial charge in [-0.15, -0.1) is 0 Å². The fourth-order valence-corrected chi connectivity index (χ4v) is 1.87. The van der Waals surface area contributed by atoms with Gasteiger partial charge in [-0.2, -0.15) is 0 Å². The molecule has 2 aromatic carbocycles. The average molecular weight is 302 g/mol. The largest absolute Gasteiger partial charge is 0.493 e. The van der Waals surface area contributed by atoms with Crippen LogP contribution in [0.1, 0.15) is 15.9 Å². The molecule has 1 N–H and O–H groups in total. The van der Waals surface area contributed by atoms with E-state index in [-0.39, 0.29) is 12.2 Å². The van der Waals surface area contributed by atoms with E-state index in [1.807, 2.05) is 31.2 Å². The molecule has 0 radical (unpaired) electrons. The molecule has 0 aliphatic heterocycles. The molecule has 116 valence electrons. The Morgan fingerprint density at radius 3 is 2.32 bits per heavy atom. The minimum atomic E-state index is -1.01. The number of benzene rings is 2. The van der Waals surface area contributed by atoms with Crippen molar-refractivity contribution in [3.05, 3.63) is 53.6 Å². The molecule has 0 aromatic heterocycles. The van der Waals surface area contributed by atoms with Crippen molar-refractivity contribution >= 4 is 5.97 Å². The zero-order valence-electron chi connectivity index (χ0n) is 12.5. The second-order valence-corrected chi connectivity index (χ2v) is 4.68. The van der Waals surface area contributed by atoms with Crippen LogP contribution in [0.15, 0.2) is 42.5 Å². The van der Waals surface area contributed by atoms with Crippen LogP contribution in [-0.4, -0.2) is 31.4 Å². The molecule has 0 unspecified atom stereocenters. The van der Waals surface area contributed by atoms with E-state index in [2.05, 4.69) is 0 Å². The highest BCUT2D eigenvalue weighted by atomic mass is 16.5. The monoisotopic (exact) mass is 302 g/mol. The Bertz CT molecular complexity index is 634. The van der Waals surface area contributed by atoms with E-state index in [1.54, 1.807) is 6.07 Å². The number of aryl methyl sites for hydroxylation is 1. The number of carboxylic acids is 1. The third kappa shape index (κ3) is 4.15. The summed E-state index contributed by atoms with van der Waals surface area (Å²) in [6.45, 7) is 2.64. The summed E-state index contributed by atoms with van der Waals surface area (Å²) in [5, 5.41) is 8.99. The van der Waals surface area contributed by atoms with E-state index in [0.717, 1.165) is 5.75 Å². The van der Waals surface area contributed by atoms with Crippen LogP contribution in [0.2, 0.25) is 0 Å². The topological polar surface area (TPSA) is 65.0 Å². The number of carboxylic acid groups (broad SMARTS) is 1.